The maximum atomic E-state index is 12.5. The monoisotopic (exact) mass is 374 g/mol. The first-order valence-electron chi connectivity index (χ1n) is 8.99. The van der Waals surface area contributed by atoms with E-state index in [1.165, 1.54) is 17.2 Å². The molecule has 0 aliphatic rings. The van der Waals surface area contributed by atoms with E-state index in [-0.39, 0.29) is 18.1 Å². The van der Waals surface area contributed by atoms with E-state index >= 15 is 0 Å². The van der Waals surface area contributed by atoms with Crippen molar-refractivity contribution in [1.29, 1.82) is 0 Å². The van der Waals surface area contributed by atoms with Gasteiger partial charge in [0.25, 0.3) is 11.5 Å². The number of nitrogens with one attached hydrogen (secondary N) is 1. The van der Waals surface area contributed by atoms with E-state index in [0.717, 1.165) is 24.2 Å². The molecule has 0 spiro atoms. The van der Waals surface area contributed by atoms with Crippen molar-refractivity contribution in [2.24, 2.45) is 0 Å². The molecule has 3 N–H and O–H groups in total. The number of nitrogens with zero attached hydrogens (tertiary/aromatic N) is 2. The zero-order valence-corrected chi connectivity index (χ0v) is 15.9. The molecular weight excluding hydrogens is 348 g/mol. The summed E-state index contributed by atoms with van der Waals surface area (Å²) >= 11 is 0. The number of anilines is 2. The molecule has 0 aliphatic heterocycles. The summed E-state index contributed by atoms with van der Waals surface area (Å²) < 4.78 is 6.77. The van der Waals surface area contributed by atoms with Gasteiger partial charge in [0.2, 0.25) is 0 Å². The molecule has 0 fully saturated rings. The van der Waals surface area contributed by atoms with E-state index in [1.807, 2.05) is 19.1 Å². The number of nitrogens with two attached hydrogens (primary N) is 1. The minimum Gasteiger partial charge on any atom is -0.484 e. The smallest absolute Gasteiger partial charge is 0.330 e. The minimum atomic E-state index is -0.701. The Morgan fingerprint density at radius 1 is 1.22 bits per heavy atom. The third kappa shape index (κ3) is 4.78. The van der Waals surface area contributed by atoms with Crippen LogP contribution in [0, 0.1) is 0 Å². The summed E-state index contributed by atoms with van der Waals surface area (Å²) in [7, 11) is 1.43. The highest BCUT2D eigenvalue weighted by molar-refractivity contribution is 5.96. The molecule has 1 amide bonds. The van der Waals surface area contributed by atoms with Crippen molar-refractivity contribution in [2.75, 3.05) is 24.3 Å². The molecule has 0 unspecified atom stereocenters. The van der Waals surface area contributed by atoms with E-state index in [0.29, 0.717) is 12.3 Å². The van der Waals surface area contributed by atoms with Crippen LogP contribution in [0.5, 0.6) is 5.75 Å². The number of H-pyrrole nitrogens is 1. The van der Waals surface area contributed by atoms with Crippen LogP contribution in [0.4, 0.5) is 11.5 Å². The fraction of sp³-hybridized carbons (Fsp3) is 0.421. The van der Waals surface area contributed by atoms with Crippen molar-refractivity contribution >= 4 is 17.4 Å². The molecule has 0 radical (unpaired) electrons. The van der Waals surface area contributed by atoms with E-state index in [4.69, 9.17) is 10.5 Å². The number of carbonyl (C=O) groups is 1. The van der Waals surface area contributed by atoms with Crippen molar-refractivity contribution in [2.45, 2.75) is 39.7 Å². The van der Waals surface area contributed by atoms with Crippen LogP contribution in [0.3, 0.4) is 0 Å². The summed E-state index contributed by atoms with van der Waals surface area (Å²) in [5.74, 6) is 0.0801. The molecule has 0 atom stereocenters. The van der Waals surface area contributed by atoms with Crippen LogP contribution in [0.25, 0.3) is 0 Å². The maximum absolute atomic E-state index is 12.5. The SMILES string of the molecule is CCCCn1c(N)c(N(C)C(=O)COc2ccc(CC)cc2)c(=O)[nH]c1=O. The fourth-order valence-corrected chi connectivity index (χ4v) is 2.63. The number of unbranched alkanes of at least 4 members (excludes halogenated alkanes) is 1. The number of nitrogen functional groups attached to an aromatic ring is 1. The van der Waals surface area contributed by atoms with Gasteiger partial charge in [0.05, 0.1) is 0 Å². The number of aryl methyl sites for hydroxylation is 1. The van der Waals surface area contributed by atoms with Crippen molar-refractivity contribution in [3.63, 3.8) is 0 Å². The Morgan fingerprint density at radius 2 is 1.89 bits per heavy atom. The lowest BCUT2D eigenvalue weighted by Gasteiger charge is -2.20. The fourth-order valence-electron chi connectivity index (χ4n) is 2.63. The quantitative estimate of drug-likeness (QED) is 0.728. The van der Waals surface area contributed by atoms with Crippen molar-refractivity contribution in [3.8, 4) is 5.75 Å². The minimum absolute atomic E-state index is 0.0275. The van der Waals surface area contributed by atoms with E-state index in [2.05, 4.69) is 11.9 Å². The Balaban J connectivity index is 2.17. The number of aromatic amines is 1. The van der Waals surface area contributed by atoms with Crippen LogP contribution in [0.15, 0.2) is 33.9 Å². The predicted octanol–water partition coefficient (Wildman–Crippen LogP) is 1.52. The van der Waals surface area contributed by atoms with Gasteiger partial charge in [-0.25, -0.2) is 4.79 Å². The zero-order valence-electron chi connectivity index (χ0n) is 15.9. The van der Waals surface area contributed by atoms with Gasteiger partial charge in [0.1, 0.15) is 11.6 Å². The van der Waals surface area contributed by atoms with Crippen LogP contribution in [0.1, 0.15) is 32.3 Å². The second kappa shape index (κ2) is 9.07. The number of benzene rings is 1. The largest absolute Gasteiger partial charge is 0.484 e. The number of rotatable bonds is 8. The Hall–Kier alpha value is -3.03. The number of amides is 1. The third-order valence-corrected chi connectivity index (χ3v) is 4.35. The first-order valence-corrected chi connectivity index (χ1v) is 8.99. The number of likely N-dealkylation sites (N-methyl/N-ethyl adjacent to an activating group) is 1. The van der Waals surface area contributed by atoms with Gasteiger partial charge in [-0.05, 0) is 30.5 Å². The van der Waals surface area contributed by atoms with Gasteiger partial charge < -0.3 is 15.4 Å². The molecule has 1 aromatic carbocycles. The molecule has 2 rings (SSSR count). The van der Waals surface area contributed by atoms with Gasteiger partial charge in [-0.15, -0.1) is 0 Å². The van der Waals surface area contributed by atoms with Gasteiger partial charge in [0.15, 0.2) is 12.3 Å². The van der Waals surface area contributed by atoms with Gasteiger partial charge in [0, 0.05) is 13.6 Å². The van der Waals surface area contributed by atoms with Crippen LogP contribution < -0.4 is 26.6 Å². The molecule has 8 nitrogen and oxygen atoms in total. The van der Waals surface area contributed by atoms with E-state index < -0.39 is 17.2 Å². The first-order chi connectivity index (χ1) is 12.9. The Kier molecular flexibility index (Phi) is 6.81. The normalized spacial score (nSPS) is 10.6. The number of ether oxygens (including phenoxy) is 1. The molecule has 0 bridgehead atoms. The van der Waals surface area contributed by atoms with Crippen LogP contribution in [0.2, 0.25) is 0 Å². The molecule has 0 aliphatic carbocycles. The predicted molar refractivity (Wildman–Crippen MR) is 105 cm³/mol. The van der Waals surface area contributed by atoms with E-state index in [1.54, 1.807) is 12.1 Å². The lowest BCUT2D eigenvalue weighted by Crippen LogP contribution is -2.40. The van der Waals surface area contributed by atoms with Crippen LogP contribution in [-0.4, -0.2) is 29.1 Å². The molecule has 0 saturated carbocycles. The van der Waals surface area contributed by atoms with Gasteiger partial charge in [-0.1, -0.05) is 32.4 Å². The Bertz CT molecular complexity index is 899. The Labute approximate surface area is 157 Å². The van der Waals surface area contributed by atoms with Gasteiger partial charge >= 0.3 is 5.69 Å². The lowest BCUT2D eigenvalue weighted by atomic mass is 10.2. The highest BCUT2D eigenvalue weighted by Crippen LogP contribution is 2.17. The average molecular weight is 374 g/mol. The molecule has 27 heavy (non-hydrogen) atoms. The first kappa shape index (κ1) is 20.3. The highest BCUT2D eigenvalue weighted by atomic mass is 16.5. The average Bonchev–Trinajstić information content (AvgIpc) is 2.66. The maximum Gasteiger partial charge on any atom is 0.330 e. The molecule has 8 heteroatoms. The standard InChI is InChI=1S/C19H26N4O4/c1-4-6-11-23-17(20)16(18(25)21-19(23)26)22(3)15(24)12-27-14-9-7-13(5-2)8-10-14/h7-10H,4-6,11-12,20H2,1-3H3,(H,21,25,26). The number of aromatic nitrogens is 2. The van der Waals surface area contributed by atoms with E-state index in [9.17, 15) is 14.4 Å². The third-order valence-electron chi connectivity index (χ3n) is 4.35. The topological polar surface area (TPSA) is 110 Å². The summed E-state index contributed by atoms with van der Waals surface area (Å²) in [6.07, 6.45) is 2.50. The van der Waals surface area contributed by atoms with Gasteiger partial charge in [-0.3, -0.25) is 19.1 Å². The zero-order chi connectivity index (χ0) is 20.0. The number of hydrogen-bond acceptors (Lipinski definition) is 5. The molecule has 2 aromatic rings. The summed E-state index contributed by atoms with van der Waals surface area (Å²) in [6.45, 7) is 4.15. The summed E-state index contributed by atoms with van der Waals surface area (Å²) in [5.41, 5.74) is 5.84. The van der Waals surface area contributed by atoms with Crippen molar-refractivity contribution in [3.05, 3.63) is 50.7 Å². The molecule has 146 valence electrons. The summed E-state index contributed by atoms with van der Waals surface area (Å²) in [4.78, 5) is 40.0. The molecule has 1 aromatic heterocycles. The molecule has 1 heterocycles. The number of hydrogen-bond donors (Lipinski definition) is 2. The molecular formula is C19H26N4O4. The van der Waals surface area contributed by atoms with Crippen molar-refractivity contribution in [1.82, 2.24) is 9.55 Å². The molecule has 0 saturated heterocycles. The van der Waals surface area contributed by atoms with Gasteiger partial charge in [-0.2, -0.15) is 0 Å². The number of carbonyl (C=O) groups excluding carboxylic acids is 1. The second-order valence-corrected chi connectivity index (χ2v) is 6.24. The van der Waals surface area contributed by atoms with Crippen LogP contribution >= 0.6 is 0 Å². The van der Waals surface area contributed by atoms with Crippen molar-refractivity contribution < 1.29 is 9.53 Å². The highest BCUT2D eigenvalue weighted by Gasteiger charge is 2.21. The lowest BCUT2D eigenvalue weighted by molar-refractivity contribution is -0.120. The Morgan fingerprint density at radius 3 is 2.48 bits per heavy atom. The van der Waals surface area contributed by atoms with Crippen LogP contribution in [-0.2, 0) is 17.8 Å². The summed E-state index contributed by atoms with van der Waals surface area (Å²) in [5, 5.41) is 0. The summed E-state index contributed by atoms with van der Waals surface area (Å²) in [6, 6.07) is 7.43. The second-order valence-electron chi connectivity index (χ2n) is 6.24.